The summed E-state index contributed by atoms with van der Waals surface area (Å²) >= 11 is 5.75. The van der Waals surface area contributed by atoms with Crippen LogP contribution in [0.2, 0.25) is 5.02 Å². The van der Waals surface area contributed by atoms with Crippen LogP contribution >= 0.6 is 11.6 Å². The van der Waals surface area contributed by atoms with Crippen LogP contribution in [0, 0.1) is 6.92 Å². The molecule has 0 aliphatic heterocycles. The summed E-state index contributed by atoms with van der Waals surface area (Å²) < 4.78 is 28.8. The molecule has 0 saturated heterocycles. The highest BCUT2D eigenvalue weighted by Gasteiger charge is 2.18. The molecule has 0 spiro atoms. The molecule has 0 fully saturated rings. The lowest BCUT2D eigenvalue weighted by molar-refractivity contribution is 0.111. The summed E-state index contributed by atoms with van der Waals surface area (Å²) in [7, 11) is -3.87. The maximum absolute atomic E-state index is 12.0. The summed E-state index contributed by atoms with van der Waals surface area (Å²) in [6, 6.07) is 12.8. The van der Waals surface area contributed by atoms with E-state index in [1.165, 1.54) is 12.1 Å². The Kier molecular flexibility index (Phi) is 5.00. The first-order valence-corrected chi connectivity index (χ1v) is 8.07. The fourth-order valence-corrected chi connectivity index (χ4v) is 2.75. The molecule has 21 heavy (non-hydrogen) atoms. The highest BCUT2D eigenvalue weighted by atomic mass is 35.5. The Hall–Kier alpha value is -1.40. The van der Waals surface area contributed by atoms with E-state index >= 15 is 0 Å². The van der Waals surface area contributed by atoms with Crippen LogP contribution in [-0.4, -0.2) is 20.1 Å². The number of halogens is 1. The number of aryl methyl sites for hydroxylation is 1. The van der Waals surface area contributed by atoms with Gasteiger partial charge in [0, 0.05) is 5.02 Å². The molecule has 0 saturated carbocycles. The Morgan fingerprint density at radius 1 is 1.10 bits per heavy atom. The van der Waals surface area contributed by atoms with Crippen molar-refractivity contribution in [3.63, 3.8) is 0 Å². The zero-order valence-corrected chi connectivity index (χ0v) is 12.9. The van der Waals surface area contributed by atoms with E-state index in [1.807, 2.05) is 6.92 Å². The number of aliphatic hydroxyl groups excluding tert-OH is 1. The molecule has 6 heteroatoms. The molecule has 1 atom stereocenters. The smallest absolute Gasteiger partial charge is 0.297 e. The first-order chi connectivity index (χ1) is 9.88. The minimum absolute atomic E-state index is 0.0661. The number of aliphatic hydroxyl groups is 1. The van der Waals surface area contributed by atoms with Crippen LogP contribution in [0.5, 0.6) is 0 Å². The van der Waals surface area contributed by atoms with Crippen molar-refractivity contribution in [1.82, 2.24) is 0 Å². The van der Waals surface area contributed by atoms with Gasteiger partial charge >= 0.3 is 0 Å². The van der Waals surface area contributed by atoms with Gasteiger partial charge in [-0.05, 0) is 36.8 Å². The van der Waals surface area contributed by atoms with Gasteiger partial charge in [0.15, 0.2) is 0 Å². The fraction of sp³-hybridized carbons (Fsp3) is 0.200. The van der Waals surface area contributed by atoms with Gasteiger partial charge in [-0.3, -0.25) is 4.18 Å². The Morgan fingerprint density at radius 2 is 1.67 bits per heavy atom. The molecule has 4 nitrogen and oxygen atoms in total. The average Bonchev–Trinajstić information content (AvgIpc) is 2.46. The Balaban J connectivity index is 2.04. The maximum Gasteiger partial charge on any atom is 0.297 e. The topological polar surface area (TPSA) is 63.6 Å². The second kappa shape index (κ2) is 6.58. The van der Waals surface area contributed by atoms with Crippen molar-refractivity contribution < 1.29 is 17.7 Å². The summed E-state index contributed by atoms with van der Waals surface area (Å²) in [5, 5.41) is 10.5. The zero-order chi connectivity index (χ0) is 15.5. The average molecular weight is 327 g/mol. The monoisotopic (exact) mass is 326 g/mol. The van der Waals surface area contributed by atoms with Crippen LogP contribution in [0.15, 0.2) is 53.4 Å². The van der Waals surface area contributed by atoms with Crippen molar-refractivity contribution in [3.05, 3.63) is 64.7 Å². The molecule has 0 unspecified atom stereocenters. The Bertz CT molecular complexity index is 693. The molecule has 2 aromatic rings. The van der Waals surface area contributed by atoms with Crippen LogP contribution in [-0.2, 0) is 14.3 Å². The molecule has 0 amide bonds. The van der Waals surface area contributed by atoms with Gasteiger partial charge in [-0.2, -0.15) is 8.42 Å². The zero-order valence-electron chi connectivity index (χ0n) is 11.4. The van der Waals surface area contributed by atoms with E-state index in [0.717, 1.165) is 5.56 Å². The quantitative estimate of drug-likeness (QED) is 0.858. The third-order valence-electron chi connectivity index (χ3n) is 2.95. The van der Waals surface area contributed by atoms with E-state index in [-0.39, 0.29) is 11.5 Å². The summed E-state index contributed by atoms with van der Waals surface area (Å²) in [6.45, 7) is 1.51. The molecule has 0 bridgehead atoms. The van der Waals surface area contributed by atoms with Crippen LogP contribution < -0.4 is 0 Å². The van der Waals surface area contributed by atoms with E-state index in [4.69, 9.17) is 15.8 Å². The van der Waals surface area contributed by atoms with E-state index in [2.05, 4.69) is 0 Å². The molecular formula is C15H15ClO4S. The van der Waals surface area contributed by atoms with Gasteiger partial charge in [0.25, 0.3) is 10.1 Å². The largest absolute Gasteiger partial charge is 0.386 e. The predicted octanol–water partition coefficient (Wildman–Crippen LogP) is 3.09. The summed E-state index contributed by atoms with van der Waals surface area (Å²) in [6.07, 6.45) is -1.04. The first kappa shape index (κ1) is 16.0. The van der Waals surface area contributed by atoms with E-state index in [0.29, 0.717) is 10.6 Å². The van der Waals surface area contributed by atoms with Crippen molar-refractivity contribution >= 4 is 21.7 Å². The molecule has 0 heterocycles. The third-order valence-corrected chi connectivity index (χ3v) is 4.49. The van der Waals surface area contributed by atoms with E-state index < -0.39 is 16.2 Å². The molecule has 0 aromatic heterocycles. The molecule has 112 valence electrons. The summed E-state index contributed by atoms with van der Waals surface area (Å²) in [5.41, 5.74) is 1.49. The lowest BCUT2D eigenvalue weighted by atomic mass is 10.1. The Labute approximate surface area is 129 Å². The molecule has 2 rings (SSSR count). The predicted molar refractivity (Wildman–Crippen MR) is 80.7 cm³/mol. The molecular weight excluding hydrogens is 312 g/mol. The maximum atomic E-state index is 12.0. The minimum Gasteiger partial charge on any atom is -0.386 e. The highest BCUT2D eigenvalue weighted by Crippen LogP contribution is 2.19. The van der Waals surface area contributed by atoms with Crippen LogP contribution in [0.25, 0.3) is 0 Å². The third kappa shape index (κ3) is 4.28. The van der Waals surface area contributed by atoms with Gasteiger partial charge < -0.3 is 5.11 Å². The van der Waals surface area contributed by atoms with Crippen LogP contribution in [0.4, 0.5) is 0 Å². The molecule has 0 aliphatic rings. The Morgan fingerprint density at radius 3 is 2.24 bits per heavy atom. The summed E-state index contributed by atoms with van der Waals surface area (Å²) in [4.78, 5) is 0.0661. The number of rotatable bonds is 5. The molecule has 2 aromatic carbocycles. The van der Waals surface area contributed by atoms with Crippen molar-refractivity contribution in [2.24, 2.45) is 0 Å². The standard InChI is InChI=1S/C15H15ClO4S/c1-11-2-8-14(9-3-11)21(18,19)20-10-15(17)12-4-6-13(16)7-5-12/h2-9,15,17H,10H2,1H3/t15-/m0/s1. The second-order valence-corrected chi connectivity index (χ2v) is 6.67. The molecule has 1 N–H and O–H groups in total. The van der Waals surface area contributed by atoms with Crippen molar-refractivity contribution in [2.75, 3.05) is 6.61 Å². The molecule has 0 aliphatic carbocycles. The number of benzene rings is 2. The number of hydrogen-bond donors (Lipinski definition) is 1. The van der Waals surface area contributed by atoms with Gasteiger partial charge in [0.05, 0.1) is 11.5 Å². The van der Waals surface area contributed by atoms with E-state index in [1.54, 1.807) is 36.4 Å². The lowest BCUT2D eigenvalue weighted by Crippen LogP contribution is -2.13. The van der Waals surface area contributed by atoms with Gasteiger partial charge in [-0.25, -0.2) is 0 Å². The van der Waals surface area contributed by atoms with Gasteiger partial charge in [0.1, 0.15) is 6.10 Å². The van der Waals surface area contributed by atoms with Gasteiger partial charge in [-0.1, -0.05) is 41.4 Å². The highest BCUT2D eigenvalue weighted by molar-refractivity contribution is 7.86. The van der Waals surface area contributed by atoms with E-state index in [9.17, 15) is 13.5 Å². The van der Waals surface area contributed by atoms with Crippen LogP contribution in [0.1, 0.15) is 17.2 Å². The van der Waals surface area contributed by atoms with Crippen molar-refractivity contribution in [1.29, 1.82) is 0 Å². The fourth-order valence-electron chi connectivity index (χ4n) is 1.71. The van der Waals surface area contributed by atoms with Crippen LogP contribution in [0.3, 0.4) is 0 Å². The molecule has 0 radical (unpaired) electrons. The SMILES string of the molecule is Cc1ccc(S(=O)(=O)OC[C@H](O)c2ccc(Cl)cc2)cc1. The normalized spacial score (nSPS) is 13.1. The second-order valence-electron chi connectivity index (χ2n) is 4.62. The summed E-state index contributed by atoms with van der Waals surface area (Å²) in [5.74, 6) is 0. The first-order valence-electron chi connectivity index (χ1n) is 6.28. The van der Waals surface area contributed by atoms with Gasteiger partial charge in [-0.15, -0.1) is 0 Å². The number of hydrogen-bond acceptors (Lipinski definition) is 4. The lowest BCUT2D eigenvalue weighted by Gasteiger charge is -2.12. The van der Waals surface area contributed by atoms with Crippen molar-refractivity contribution in [2.45, 2.75) is 17.9 Å². The minimum atomic E-state index is -3.87. The van der Waals surface area contributed by atoms with Crippen molar-refractivity contribution in [3.8, 4) is 0 Å². The van der Waals surface area contributed by atoms with Gasteiger partial charge in [0.2, 0.25) is 0 Å².